The Bertz CT molecular complexity index is 322. The molecule has 0 aliphatic rings. The van der Waals surface area contributed by atoms with Crippen LogP contribution in [0, 0.1) is 0 Å². The molecule has 102 valence electrons. The van der Waals surface area contributed by atoms with Gasteiger partial charge in [0.1, 0.15) is 5.75 Å². The second-order valence-corrected chi connectivity index (χ2v) is 4.36. The highest BCUT2D eigenvalue weighted by molar-refractivity contribution is 5.33. The summed E-state index contributed by atoms with van der Waals surface area (Å²) >= 11 is 0. The molecule has 1 unspecified atom stereocenters. The van der Waals surface area contributed by atoms with Crippen molar-refractivity contribution in [2.75, 3.05) is 20.3 Å². The predicted octanol–water partition coefficient (Wildman–Crippen LogP) is 2.99. The summed E-state index contributed by atoms with van der Waals surface area (Å²) in [6, 6.07) is 8.59. The van der Waals surface area contributed by atoms with Crippen molar-refractivity contribution in [3.63, 3.8) is 0 Å². The molecule has 0 heterocycles. The van der Waals surface area contributed by atoms with E-state index >= 15 is 0 Å². The first-order valence-electron chi connectivity index (χ1n) is 6.74. The molecule has 3 nitrogen and oxygen atoms in total. The SMILES string of the molecule is CCCC(COC)NCc1ccccc1OCC. The third-order valence-corrected chi connectivity index (χ3v) is 2.86. The maximum atomic E-state index is 5.62. The number of ether oxygens (including phenoxy) is 2. The van der Waals surface area contributed by atoms with E-state index in [1.165, 1.54) is 5.56 Å². The Morgan fingerprint density at radius 3 is 2.67 bits per heavy atom. The van der Waals surface area contributed by atoms with Crippen molar-refractivity contribution in [3.05, 3.63) is 29.8 Å². The average molecular weight is 251 g/mol. The molecule has 3 heteroatoms. The van der Waals surface area contributed by atoms with Crippen LogP contribution in [0.25, 0.3) is 0 Å². The van der Waals surface area contributed by atoms with Crippen molar-refractivity contribution in [2.24, 2.45) is 0 Å². The van der Waals surface area contributed by atoms with Gasteiger partial charge in [0.2, 0.25) is 0 Å². The van der Waals surface area contributed by atoms with E-state index in [1.54, 1.807) is 7.11 Å². The summed E-state index contributed by atoms with van der Waals surface area (Å²) in [7, 11) is 1.75. The molecule has 0 amide bonds. The summed E-state index contributed by atoms with van der Waals surface area (Å²) in [6.07, 6.45) is 2.29. The number of methoxy groups -OCH3 is 1. The minimum absolute atomic E-state index is 0.412. The lowest BCUT2D eigenvalue weighted by Gasteiger charge is -2.18. The first kappa shape index (κ1) is 15.0. The van der Waals surface area contributed by atoms with Gasteiger partial charge in [0.25, 0.3) is 0 Å². The van der Waals surface area contributed by atoms with Crippen molar-refractivity contribution < 1.29 is 9.47 Å². The molecule has 1 rings (SSSR count). The standard InChI is InChI=1S/C15H25NO2/c1-4-8-14(12-17-3)16-11-13-9-6-7-10-15(13)18-5-2/h6-7,9-10,14,16H,4-5,8,11-12H2,1-3H3. The summed E-state index contributed by atoms with van der Waals surface area (Å²) in [6.45, 7) is 6.48. The highest BCUT2D eigenvalue weighted by Gasteiger charge is 2.08. The van der Waals surface area contributed by atoms with Gasteiger partial charge in [-0.15, -0.1) is 0 Å². The van der Waals surface area contributed by atoms with Gasteiger partial charge in [-0.25, -0.2) is 0 Å². The molecule has 1 aromatic carbocycles. The first-order chi connectivity index (χ1) is 8.81. The molecule has 0 aliphatic carbocycles. The maximum Gasteiger partial charge on any atom is 0.123 e. The molecule has 1 aromatic rings. The number of nitrogens with one attached hydrogen (secondary N) is 1. The molecule has 0 spiro atoms. The van der Waals surface area contributed by atoms with Gasteiger partial charge in [-0.2, -0.15) is 0 Å². The minimum atomic E-state index is 0.412. The van der Waals surface area contributed by atoms with E-state index in [-0.39, 0.29) is 0 Å². The van der Waals surface area contributed by atoms with E-state index in [4.69, 9.17) is 9.47 Å². The summed E-state index contributed by atoms with van der Waals surface area (Å²) in [5, 5.41) is 3.53. The summed E-state index contributed by atoms with van der Waals surface area (Å²) in [4.78, 5) is 0. The van der Waals surface area contributed by atoms with Crippen LogP contribution < -0.4 is 10.1 Å². The highest BCUT2D eigenvalue weighted by atomic mass is 16.5. The monoisotopic (exact) mass is 251 g/mol. The normalized spacial score (nSPS) is 12.4. The zero-order valence-electron chi connectivity index (χ0n) is 11.7. The third kappa shape index (κ3) is 5.07. The fraction of sp³-hybridized carbons (Fsp3) is 0.600. The molecular formula is C15H25NO2. The van der Waals surface area contributed by atoms with Crippen LogP contribution in [0.5, 0.6) is 5.75 Å². The predicted molar refractivity (Wildman–Crippen MR) is 75.0 cm³/mol. The molecule has 0 fully saturated rings. The number of hydrogen-bond acceptors (Lipinski definition) is 3. The lowest BCUT2D eigenvalue weighted by molar-refractivity contribution is 0.161. The van der Waals surface area contributed by atoms with Crippen molar-refractivity contribution in [1.82, 2.24) is 5.32 Å². The van der Waals surface area contributed by atoms with Gasteiger partial charge in [0.05, 0.1) is 13.2 Å². The molecular weight excluding hydrogens is 226 g/mol. The first-order valence-corrected chi connectivity index (χ1v) is 6.74. The van der Waals surface area contributed by atoms with Gasteiger partial charge in [0, 0.05) is 25.3 Å². The van der Waals surface area contributed by atoms with Crippen molar-refractivity contribution >= 4 is 0 Å². The lowest BCUT2D eigenvalue weighted by atomic mass is 10.1. The minimum Gasteiger partial charge on any atom is -0.494 e. The molecule has 0 bridgehead atoms. The zero-order valence-corrected chi connectivity index (χ0v) is 11.7. The summed E-state index contributed by atoms with van der Waals surface area (Å²) in [5.74, 6) is 0.972. The Kier molecular flexibility index (Phi) is 7.46. The number of benzene rings is 1. The van der Waals surface area contributed by atoms with E-state index in [9.17, 15) is 0 Å². The van der Waals surface area contributed by atoms with Crippen LogP contribution in [0.1, 0.15) is 32.3 Å². The van der Waals surface area contributed by atoms with Crippen molar-refractivity contribution in [2.45, 2.75) is 39.3 Å². The Hall–Kier alpha value is -1.06. The van der Waals surface area contributed by atoms with E-state index in [2.05, 4.69) is 18.3 Å². The molecule has 18 heavy (non-hydrogen) atoms. The van der Waals surface area contributed by atoms with Crippen LogP contribution >= 0.6 is 0 Å². The third-order valence-electron chi connectivity index (χ3n) is 2.86. The van der Waals surface area contributed by atoms with Crippen LogP contribution in [-0.2, 0) is 11.3 Å². The average Bonchev–Trinajstić information content (AvgIpc) is 2.38. The van der Waals surface area contributed by atoms with Crippen molar-refractivity contribution in [1.29, 1.82) is 0 Å². The second-order valence-electron chi connectivity index (χ2n) is 4.36. The van der Waals surface area contributed by atoms with E-state index in [1.807, 2.05) is 25.1 Å². The van der Waals surface area contributed by atoms with Crippen LogP contribution in [0.3, 0.4) is 0 Å². The van der Waals surface area contributed by atoms with E-state index in [0.29, 0.717) is 12.6 Å². The Labute approximate surface area is 110 Å². The number of rotatable bonds is 9. The summed E-state index contributed by atoms with van der Waals surface area (Å²) < 4.78 is 10.8. The molecule has 0 aliphatic heterocycles. The molecule has 1 N–H and O–H groups in total. The topological polar surface area (TPSA) is 30.5 Å². The molecule has 1 atom stereocenters. The highest BCUT2D eigenvalue weighted by Crippen LogP contribution is 2.17. The van der Waals surface area contributed by atoms with Gasteiger partial charge in [-0.1, -0.05) is 31.5 Å². The van der Waals surface area contributed by atoms with Crippen LogP contribution in [-0.4, -0.2) is 26.4 Å². The molecule has 0 saturated heterocycles. The van der Waals surface area contributed by atoms with Gasteiger partial charge < -0.3 is 14.8 Å². The Balaban J connectivity index is 2.54. The molecule has 0 radical (unpaired) electrons. The Morgan fingerprint density at radius 2 is 2.00 bits per heavy atom. The van der Waals surface area contributed by atoms with E-state index < -0.39 is 0 Å². The fourth-order valence-corrected chi connectivity index (χ4v) is 1.99. The lowest BCUT2D eigenvalue weighted by Crippen LogP contribution is -2.32. The fourth-order valence-electron chi connectivity index (χ4n) is 1.99. The molecule has 0 aromatic heterocycles. The maximum absolute atomic E-state index is 5.62. The summed E-state index contributed by atoms with van der Waals surface area (Å²) in [5.41, 5.74) is 1.21. The van der Waals surface area contributed by atoms with Crippen LogP contribution in [0.2, 0.25) is 0 Å². The van der Waals surface area contributed by atoms with E-state index in [0.717, 1.165) is 31.7 Å². The van der Waals surface area contributed by atoms with Crippen LogP contribution in [0.15, 0.2) is 24.3 Å². The largest absolute Gasteiger partial charge is 0.494 e. The van der Waals surface area contributed by atoms with Crippen molar-refractivity contribution in [3.8, 4) is 5.75 Å². The van der Waals surface area contributed by atoms with Gasteiger partial charge in [-0.3, -0.25) is 0 Å². The van der Waals surface area contributed by atoms with Gasteiger partial charge in [0.15, 0.2) is 0 Å². The quantitative estimate of drug-likeness (QED) is 0.732. The second kappa shape index (κ2) is 8.95. The van der Waals surface area contributed by atoms with Gasteiger partial charge in [-0.05, 0) is 19.4 Å². The zero-order chi connectivity index (χ0) is 13.2. The number of hydrogen-bond donors (Lipinski definition) is 1. The smallest absolute Gasteiger partial charge is 0.123 e. The number of para-hydroxylation sites is 1. The molecule has 0 saturated carbocycles. The Morgan fingerprint density at radius 1 is 1.22 bits per heavy atom. The van der Waals surface area contributed by atoms with Crippen LogP contribution in [0.4, 0.5) is 0 Å². The van der Waals surface area contributed by atoms with Gasteiger partial charge >= 0.3 is 0 Å².